The molecule has 0 unspecified atom stereocenters. The van der Waals surface area contributed by atoms with Crippen LogP contribution in [-0.2, 0) is 0 Å². The van der Waals surface area contributed by atoms with Crippen molar-refractivity contribution >= 4 is 49.3 Å². The molecule has 0 atom stereocenters. The van der Waals surface area contributed by atoms with E-state index in [1.807, 2.05) is 6.07 Å². The first kappa shape index (κ1) is 11.7. The number of halogens is 3. The number of hydrogen-bond donors (Lipinski definition) is 0. The van der Waals surface area contributed by atoms with Crippen molar-refractivity contribution in [3.63, 3.8) is 0 Å². The standard InChI is InChI=1S/C10H11Br2ClN2/c11-3-4-15(8-1-2-8)10-9(12)5-7(13)6-14-10/h5-6,8H,1-4H2. The molecule has 0 aliphatic heterocycles. The molecular formula is C10H11Br2ClN2. The second kappa shape index (κ2) is 5.02. The third-order valence-electron chi connectivity index (χ3n) is 2.37. The molecule has 82 valence electrons. The minimum atomic E-state index is 0.660. The lowest BCUT2D eigenvalue weighted by atomic mass is 10.4. The zero-order valence-electron chi connectivity index (χ0n) is 8.09. The molecule has 1 fully saturated rings. The first-order valence-corrected chi connectivity index (χ1v) is 7.15. The van der Waals surface area contributed by atoms with E-state index in [9.17, 15) is 0 Å². The molecule has 1 aromatic heterocycles. The van der Waals surface area contributed by atoms with E-state index in [1.165, 1.54) is 12.8 Å². The van der Waals surface area contributed by atoms with Crippen molar-refractivity contribution in [2.24, 2.45) is 0 Å². The minimum absolute atomic E-state index is 0.660. The summed E-state index contributed by atoms with van der Waals surface area (Å²) in [6.07, 6.45) is 4.23. The monoisotopic (exact) mass is 352 g/mol. The number of hydrogen-bond acceptors (Lipinski definition) is 2. The molecule has 1 aliphatic rings. The van der Waals surface area contributed by atoms with Crippen LogP contribution < -0.4 is 4.90 Å². The van der Waals surface area contributed by atoms with Gasteiger partial charge in [0.1, 0.15) is 5.82 Å². The van der Waals surface area contributed by atoms with Crippen LogP contribution in [0.5, 0.6) is 0 Å². The second-order valence-corrected chi connectivity index (χ2v) is 5.66. The van der Waals surface area contributed by atoms with Crippen molar-refractivity contribution in [2.75, 3.05) is 16.8 Å². The van der Waals surface area contributed by atoms with Gasteiger partial charge in [-0.2, -0.15) is 0 Å². The van der Waals surface area contributed by atoms with Crippen LogP contribution in [0.4, 0.5) is 5.82 Å². The van der Waals surface area contributed by atoms with E-state index in [2.05, 4.69) is 41.7 Å². The predicted octanol–water partition coefficient (Wildman–Crippen LogP) is 3.86. The highest BCUT2D eigenvalue weighted by atomic mass is 79.9. The maximum atomic E-state index is 5.87. The first-order valence-electron chi connectivity index (χ1n) is 4.86. The Morgan fingerprint density at radius 2 is 2.27 bits per heavy atom. The molecule has 1 heterocycles. The van der Waals surface area contributed by atoms with E-state index >= 15 is 0 Å². The summed E-state index contributed by atoms with van der Waals surface area (Å²) < 4.78 is 0.975. The molecule has 0 aromatic carbocycles. The van der Waals surface area contributed by atoms with Crippen molar-refractivity contribution in [1.82, 2.24) is 4.98 Å². The van der Waals surface area contributed by atoms with Gasteiger partial charge in [0.2, 0.25) is 0 Å². The largest absolute Gasteiger partial charge is 0.352 e. The maximum Gasteiger partial charge on any atom is 0.143 e. The van der Waals surface area contributed by atoms with Crippen LogP contribution in [0.1, 0.15) is 12.8 Å². The Balaban J connectivity index is 2.24. The lowest BCUT2D eigenvalue weighted by molar-refractivity contribution is 0.813. The average Bonchev–Trinajstić information content (AvgIpc) is 2.98. The maximum absolute atomic E-state index is 5.87. The van der Waals surface area contributed by atoms with Crippen molar-refractivity contribution in [3.05, 3.63) is 21.8 Å². The molecule has 1 aliphatic carbocycles. The molecule has 15 heavy (non-hydrogen) atoms. The average molecular weight is 354 g/mol. The zero-order chi connectivity index (χ0) is 10.8. The highest BCUT2D eigenvalue weighted by Crippen LogP contribution is 2.35. The molecule has 2 nitrogen and oxygen atoms in total. The van der Waals surface area contributed by atoms with Gasteiger partial charge in [-0.1, -0.05) is 27.5 Å². The van der Waals surface area contributed by atoms with Gasteiger partial charge in [0.15, 0.2) is 0 Å². The van der Waals surface area contributed by atoms with E-state index in [-0.39, 0.29) is 0 Å². The topological polar surface area (TPSA) is 16.1 Å². The Kier molecular flexibility index (Phi) is 3.91. The van der Waals surface area contributed by atoms with Crippen molar-refractivity contribution in [3.8, 4) is 0 Å². The fraction of sp³-hybridized carbons (Fsp3) is 0.500. The number of pyridine rings is 1. The summed E-state index contributed by atoms with van der Waals surface area (Å²) in [6.45, 7) is 0.984. The summed E-state index contributed by atoms with van der Waals surface area (Å²) in [5.74, 6) is 1.00. The Morgan fingerprint density at radius 1 is 1.53 bits per heavy atom. The Hall–Kier alpha value is 0.200. The summed E-state index contributed by atoms with van der Waals surface area (Å²) in [6, 6.07) is 2.56. The number of anilines is 1. The summed E-state index contributed by atoms with van der Waals surface area (Å²) in [4.78, 5) is 6.71. The highest BCUT2D eigenvalue weighted by Gasteiger charge is 2.30. The van der Waals surface area contributed by atoms with Crippen LogP contribution in [-0.4, -0.2) is 22.9 Å². The number of nitrogens with zero attached hydrogens (tertiary/aromatic N) is 2. The molecule has 5 heteroatoms. The molecule has 0 bridgehead atoms. The fourth-order valence-corrected chi connectivity index (χ4v) is 2.81. The normalized spacial score (nSPS) is 15.4. The first-order chi connectivity index (χ1) is 7.22. The second-order valence-electron chi connectivity index (χ2n) is 3.57. The van der Waals surface area contributed by atoms with Gasteiger partial charge in [-0.25, -0.2) is 4.98 Å². The Bertz CT molecular complexity index is 355. The predicted molar refractivity (Wildman–Crippen MR) is 71.1 cm³/mol. The van der Waals surface area contributed by atoms with Gasteiger partial charge in [0, 0.05) is 24.1 Å². The van der Waals surface area contributed by atoms with Crippen LogP contribution in [0.25, 0.3) is 0 Å². The number of rotatable bonds is 4. The van der Waals surface area contributed by atoms with Crippen LogP contribution in [0.3, 0.4) is 0 Å². The smallest absolute Gasteiger partial charge is 0.143 e. The van der Waals surface area contributed by atoms with E-state index in [4.69, 9.17) is 11.6 Å². The third-order valence-corrected chi connectivity index (χ3v) is 3.52. The zero-order valence-corrected chi connectivity index (χ0v) is 12.0. The van der Waals surface area contributed by atoms with Crippen LogP contribution >= 0.6 is 43.5 Å². The quantitative estimate of drug-likeness (QED) is 0.763. The summed E-state index contributed by atoms with van der Waals surface area (Å²) in [7, 11) is 0. The molecule has 2 rings (SSSR count). The van der Waals surface area contributed by atoms with Gasteiger partial charge in [-0.3, -0.25) is 0 Å². The number of aromatic nitrogens is 1. The van der Waals surface area contributed by atoms with Crippen LogP contribution in [0.15, 0.2) is 16.7 Å². The van der Waals surface area contributed by atoms with E-state index in [0.717, 1.165) is 22.2 Å². The molecule has 0 spiro atoms. The molecular weight excluding hydrogens is 343 g/mol. The minimum Gasteiger partial charge on any atom is -0.352 e. The molecule has 1 saturated carbocycles. The van der Waals surface area contributed by atoms with Gasteiger partial charge in [-0.15, -0.1) is 0 Å². The van der Waals surface area contributed by atoms with E-state index in [1.54, 1.807) is 6.20 Å². The van der Waals surface area contributed by atoms with Gasteiger partial charge in [0.25, 0.3) is 0 Å². The van der Waals surface area contributed by atoms with Gasteiger partial charge >= 0.3 is 0 Å². The number of alkyl halides is 1. The Labute approximate surface area is 111 Å². The summed E-state index contributed by atoms with van der Waals surface area (Å²) in [5.41, 5.74) is 0. The lowest BCUT2D eigenvalue weighted by Crippen LogP contribution is -2.28. The van der Waals surface area contributed by atoms with Gasteiger partial charge < -0.3 is 4.90 Å². The van der Waals surface area contributed by atoms with Crippen LogP contribution in [0.2, 0.25) is 5.02 Å². The van der Waals surface area contributed by atoms with Gasteiger partial charge in [-0.05, 0) is 34.8 Å². The molecule has 1 aromatic rings. The molecule has 0 radical (unpaired) electrons. The van der Waals surface area contributed by atoms with Crippen molar-refractivity contribution in [2.45, 2.75) is 18.9 Å². The summed E-state index contributed by atoms with van der Waals surface area (Å²) in [5, 5.41) is 1.63. The molecule has 0 saturated heterocycles. The summed E-state index contributed by atoms with van der Waals surface area (Å²) >= 11 is 12.9. The van der Waals surface area contributed by atoms with Crippen LogP contribution in [0, 0.1) is 0 Å². The SMILES string of the molecule is Clc1cnc(N(CCBr)C2CC2)c(Br)c1. The third kappa shape index (κ3) is 2.86. The fourth-order valence-electron chi connectivity index (χ4n) is 1.56. The molecule has 0 amide bonds. The Morgan fingerprint density at radius 3 is 2.80 bits per heavy atom. The lowest BCUT2D eigenvalue weighted by Gasteiger charge is -2.23. The van der Waals surface area contributed by atoms with E-state index < -0.39 is 0 Å². The van der Waals surface area contributed by atoms with Crippen molar-refractivity contribution < 1.29 is 0 Å². The van der Waals surface area contributed by atoms with Crippen molar-refractivity contribution in [1.29, 1.82) is 0 Å². The highest BCUT2D eigenvalue weighted by molar-refractivity contribution is 9.10. The van der Waals surface area contributed by atoms with Gasteiger partial charge in [0.05, 0.1) is 9.50 Å². The molecule has 0 N–H and O–H groups in total. The van der Waals surface area contributed by atoms with E-state index in [0.29, 0.717) is 11.1 Å².